The molecule has 0 saturated carbocycles. The summed E-state index contributed by atoms with van der Waals surface area (Å²) in [5, 5.41) is 0. The fourth-order valence-electron chi connectivity index (χ4n) is 3.05. The number of hydrogen-bond donors (Lipinski definition) is 0. The Balaban J connectivity index is 4.39. The van der Waals surface area contributed by atoms with Crippen LogP contribution in [0.25, 0.3) is 0 Å². The van der Waals surface area contributed by atoms with Crippen LogP contribution in [0, 0.1) is 0 Å². The first-order chi connectivity index (χ1) is 8.89. The summed E-state index contributed by atoms with van der Waals surface area (Å²) in [5.74, 6) is 0. The molecule has 0 atom stereocenters. The van der Waals surface area contributed by atoms with E-state index in [2.05, 4.69) is 54.2 Å². The molecule has 0 aromatic heterocycles. The van der Waals surface area contributed by atoms with Crippen LogP contribution in [0.2, 0.25) is 16.6 Å². The maximum Gasteiger partial charge on any atom is 0.200 e. The quantitative estimate of drug-likeness (QED) is 0.321. The van der Waals surface area contributed by atoms with Crippen LogP contribution < -0.4 is 0 Å². The van der Waals surface area contributed by atoms with Crippen molar-refractivity contribution in [2.24, 2.45) is 0 Å². The first-order valence-electron chi connectivity index (χ1n) is 7.37. The van der Waals surface area contributed by atoms with E-state index in [9.17, 15) is 0 Å². The van der Waals surface area contributed by atoms with Crippen LogP contribution >= 0.6 is 0 Å². The third kappa shape index (κ3) is 5.63. The zero-order valence-corrected chi connectivity index (χ0v) is 14.6. The van der Waals surface area contributed by atoms with Gasteiger partial charge in [0.1, 0.15) is 0 Å². The molecule has 0 aromatic rings. The minimum absolute atomic E-state index is 0.605. The SMILES string of the molecule is C=CCOC/C=C/CO[Si](C(C)C)(C(C)C)C(C)C. The summed E-state index contributed by atoms with van der Waals surface area (Å²) in [7, 11) is -1.71. The molecule has 0 rings (SSSR count). The highest BCUT2D eigenvalue weighted by Crippen LogP contribution is 2.42. The molecule has 112 valence electrons. The van der Waals surface area contributed by atoms with Crippen LogP contribution in [0.4, 0.5) is 0 Å². The minimum atomic E-state index is -1.71. The Hall–Kier alpha value is -0.383. The molecule has 2 nitrogen and oxygen atoms in total. The molecule has 0 aliphatic rings. The van der Waals surface area contributed by atoms with E-state index in [1.54, 1.807) is 6.08 Å². The van der Waals surface area contributed by atoms with Gasteiger partial charge in [-0.1, -0.05) is 59.8 Å². The van der Waals surface area contributed by atoms with Crippen molar-refractivity contribution in [3.8, 4) is 0 Å². The average molecular weight is 285 g/mol. The smallest absolute Gasteiger partial charge is 0.200 e. The Labute approximate surface area is 121 Å². The van der Waals surface area contributed by atoms with Gasteiger partial charge in [-0.05, 0) is 16.6 Å². The van der Waals surface area contributed by atoms with Gasteiger partial charge in [0.05, 0.1) is 19.8 Å². The van der Waals surface area contributed by atoms with Gasteiger partial charge in [-0.15, -0.1) is 6.58 Å². The highest BCUT2D eigenvalue weighted by atomic mass is 28.4. The van der Waals surface area contributed by atoms with E-state index in [0.29, 0.717) is 36.4 Å². The first kappa shape index (κ1) is 18.6. The van der Waals surface area contributed by atoms with Crippen LogP contribution in [0.3, 0.4) is 0 Å². The van der Waals surface area contributed by atoms with Crippen molar-refractivity contribution < 1.29 is 9.16 Å². The average Bonchev–Trinajstić information content (AvgIpc) is 2.31. The van der Waals surface area contributed by atoms with E-state index in [4.69, 9.17) is 9.16 Å². The summed E-state index contributed by atoms with van der Waals surface area (Å²) in [6.45, 7) is 19.4. The lowest BCUT2D eigenvalue weighted by Gasteiger charge is -2.41. The fourth-order valence-corrected chi connectivity index (χ4v) is 8.43. The molecule has 0 saturated heterocycles. The maximum atomic E-state index is 6.40. The highest BCUT2D eigenvalue weighted by Gasteiger charge is 2.44. The summed E-state index contributed by atoms with van der Waals surface area (Å²) in [6, 6.07) is 0. The second-order valence-electron chi connectivity index (χ2n) is 5.93. The number of rotatable bonds is 10. The van der Waals surface area contributed by atoms with E-state index >= 15 is 0 Å². The van der Waals surface area contributed by atoms with Crippen molar-refractivity contribution in [2.45, 2.75) is 58.2 Å². The third-order valence-corrected chi connectivity index (χ3v) is 9.83. The molecule has 0 radical (unpaired) electrons. The van der Waals surface area contributed by atoms with Crippen LogP contribution in [0.5, 0.6) is 0 Å². The van der Waals surface area contributed by atoms with Gasteiger partial charge in [-0.25, -0.2) is 0 Å². The predicted octanol–water partition coefficient (Wildman–Crippen LogP) is 4.94. The summed E-state index contributed by atoms with van der Waals surface area (Å²) >= 11 is 0. The monoisotopic (exact) mass is 284 g/mol. The van der Waals surface area contributed by atoms with E-state index < -0.39 is 8.32 Å². The van der Waals surface area contributed by atoms with Crippen LogP contribution in [0.1, 0.15) is 41.5 Å². The molecule has 0 unspecified atom stereocenters. The second-order valence-corrected chi connectivity index (χ2v) is 11.4. The van der Waals surface area contributed by atoms with E-state index in [1.165, 1.54) is 0 Å². The lowest BCUT2D eigenvalue weighted by molar-refractivity contribution is 0.193. The zero-order chi connectivity index (χ0) is 14.9. The van der Waals surface area contributed by atoms with Crippen LogP contribution in [-0.4, -0.2) is 28.1 Å². The van der Waals surface area contributed by atoms with Crippen molar-refractivity contribution in [1.82, 2.24) is 0 Å². The largest absolute Gasteiger partial charge is 0.412 e. The zero-order valence-electron chi connectivity index (χ0n) is 13.6. The second kappa shape index (κ2) is 9.51. The molecule has 0 aliphatic carbocycles. The molecule has 0 aliphatic heterocycles. The molecular formula is C16H32O2Si. The fraction of sp³-hybridized carbons (Fsp3) is 0.750. The Kier molecular flexibility index (Phi) is 9.32. The van der Waals surface area contributed by atoms with Crippen molar-refractivity contribution in [3.05, 3.63) is 24.8 Å². The molecule has 3 heteroatoms. The van der Waals surface area contributed by atoms with Gasteiger partial charge in [0, 0.05) is 0 Å². The van der Waals surface area contributed by atoms with Crippen molar-refractivity contribution >= 4 is 8.32 Å². The van der Waals surface area contributed by atoms with Crippen molar-refractivity contribution in [2.75, 3.05) is 19.8 Å². The lowest BCUT2D eigenvalue weighted by Crippen LogP contribution is -2.47. The van der Waals surface area contributed by atoms with Gasteiger partial charge < -0.3 is 9.16 Å². The van der Waals surface area contributed by atoms with Crippen LogP contribution in [-0.2, 0) is 9.16 Å². The van der Waals surface area contributed by atoms with Crippen LogP contribution in [0.15, 0.2) is 24.8 Å². The summed E-state index contributed by atoms with van der Waals surface area (Å²) < 4.78 is 11.7. The van der Waals surface area contributed by atoms with Gasteiger partial charge in [0.2, 0.25) is 8.32 Å². The van der Waals surface area contributed by atoms with Crippen molar-refractivity contribution in [1.29, 1.82) is 0 Å². The van der Waals surface area contributed by atoms with Gasteiger partial charge in [-0.2, -0.15) is 0 Å². The molecule has 0 heterocycles. The number of ether oxygens (including phenoxy) is 1. The third-order valence-electron chi connectivity index (χ3n) is 3.75. The molecule has 19 heavy (non-hydrogen) atoms. The summed E-state index contributed by atoms with van der Waals surface area (Å²) in [5.41, 5.74) is 1.91. The highest BCUT2D eigenvalue weighted by molar-refractivity contribution is 6.77. The Morgan fingerprint density at radius 3 is 1.74 bits per heavy atom. The molecule has 0 fully saturated rings. The summed E-state index contributed by atoms with van der Waals surface area (Å²) in [4.78, 5) is 0. The Bertz CT molecular complexity index is 248. The van der Waals surface area contributed by atoms with Gasteiger partial charge in [0.25, 0.3) is 0 Å². The predicted molar refractivity (Wildman–Crippen MR) is 87.2 cm³/mol. The normalized spacial score (nSPS) is 13.1. The topological polar surface area (TPSA) is 18.5 Å². The Morgan fingerprint density at radius 2 is 1.32 bits per heavy atom. The Morgan fingerprint density at radius 1 is 0.842 bits per heavy atom. The standard InChI is InChI=1S/C16H32O2Si/c1-8-11-17-12-9-10-13-18-19(14(2)3,15(4)5)16(6)7/h8-10,14-16H,1,11-13H2,2-7H3/b10-9+. The van der Waals surface area contributed by atoms with Gasteiger partial charge in [0.15, 0.2) is 0 Å². The van der Waals surface area contributed by atoms with E-state index in [-0.39, 0.29) is 0 Å². The molecule has 0 amide bonds. The molecule has 0 N–H and O–H groups in total. The first-order valence-corrected chi connectivity index (χ1v) is 9.51. The maximum absolute atomic E-state index is 6.40. The van der Waals surface area contributed by atoms with Gasteiger partial charge in [-0.3, -0.25) is 0 Å². The lowest BCUT2D eigenvalue weighted by atomic mass is 10.5. The van der Waals surface area contributed by atoms with Crippen molar-refractivity contribution in [3.63, 3.8) is 0 Å². The molecule has 0 spiro atoms. The van der Waals surface area contributed by atoms with E-state index in [0.717, 1.165) is 0 Å². The number of hydrogen-bond acceptors (Lipinski definition) is 2. The van der Waals surface area contributed by atoms with E-state index in [1.807, 2.05) is 6.08 Å². The molecule has 0 bridgehead atoms. The summed E-state index contributed by atoms with van der Waals surface area (Å²) in [6.07, 6.45) is 5.88. The minimum Gasteiger partial charge on any atom is -0.412 e. The molecule has 0 aromatic carbocycles. The molecular weight excluding hydrogens is 252 g/mol. The van der Waals surface area contributed by atoms with Gasteiger partial charge >= 0.3 is 0 Å².